The SMILES string of the molecule is CC(C)C1CC(C(=O)O)(N(C=O)C(C)C)CCO1. The molecule has 104 valence electrons. The molecule has 0 bridgehead atoms. The summed E-state index contributed by atoms with van der Waals surface area (Å²) in [5.41, 5.74) is -1.12. The van der Waals surface area contributed by atoms with Gasteiger partial charge in [-0.3, -0.25) is 4.79 Å². The molecule has 5 nitrogen and oxygen atoms in total. The molecule has 5 heteroatoms. The summed E-state index contributed by atoms with van der Waals surface area (Å²) in [6, 6.07) is -0.135. The second-order valence-electron chi connectivity index (χ2n) is 5.55. The first kappa shape index (κ1) is 15.0. The van der Waals surface area contributed by atoms with E-state index in [1.54, 1.807) is 0 Å². The molecular formula is C13H23NO4. The zero-order chi connectivity index (χ0) is 13.9. The van der Waals surface area contributed by atoms with Crippen LogP contribution in [0.2, 0.25) is 0 Å². The van der Waals surface area contributed by atoms with Crippen molar-refractivity contribution in [3.05, 3.63) is 0 Å². The first-order valence-electron chi connectivity index (χ1n) is 6.44. The Labute approximate surface area is 108 Å². The first-order valence-corrected chi connectivity index (χ1v) is 6.44. The van der Waals surface area contributed by atoms with E-state index in [0.717, 1.165) is 0 Å². The summed E-state index contributed by atoms with van der Waals surface area (Å²) in [5, 5.41) is 9.58. The molecule has 2 atom stereocenters. The number of carbonyl (C=O) groups excluding carboxylic acids is 1. The molecule has 1 N–H and O–H groups in total. The van der Waals surface area contributed by atoms with Gasteiger partial charge in [0.25, 0.3) is 0 Å². The number of nitrogens with zero attached hydrogens (tertiary/aromatic N) is 1. The summed E-state index contributed by atoms with van der Waals surface area (Å²) < 4.78 is 5.61. The summed E-state index contributed by atoms with van der Waals surface area (Å²) >= 11 is 0. The average Bonchev–Trinajstić information content (AvgIpc) is 2.29. The van der Waals surface area contributed by atoms with Gasteiger partial charge in [-0.25, -0.2) is 4.79 Å². The van der Waals surface area contributed by atoms with Gasteiger partial charge >= 0.3 is 5.97 Å². The fourth-order valence-electron chi connectivity index (χ4n) is 2.56. The van der Waals surface area contributed by atoms with E-state index in [9.17, 15) is 14.7 Å². The van der Waals surface area contributed by atoms with Crippen molar-refractivity contribution >= 4 is 12.4 Å². The van der Waals surface area contributed by atoms with Crippen molar-refractivity contribution < 1.29 is 19.4 Å². The van der Waals surface area contributed by atoms with Gasteiger partial charge in [0.1, 0.15) is 5.54 Å². The minimum absolute atomic E-state index is 0.115. The third kappa shape index (κ3) is 2.66. The van der Waals surface area contributed by atoms with E-state index < -0.39 is 11.5 Å². The van der Waals surface area contributed by atoms with Gasteiger partial charge in [0, 0.05) is 25.5 Å². The van der Waals surface area contributed by atoms with E-state index in [4.69, 9.17) is 4.74 Å². The Morgan fingerprint density at radius 2 is 2.06 bits per heavy atom. The van der Waals surface area contributed by atoms with Gasteiger partial charge in [0.2, 0.25) is 6.41 Å². The molecule has 0 radical (unpaired) electrons. The minimum Gasteiger partial charge on any atom is -0.479 e. The van der Waals surface area contributed by atoms with Crippen molar-refractivity contribution in [3.63, 3.8) is 0 Å². The lowest BCUT2D eigenvalue weighted by molar-refractivity contribution is -0.170. The lowest BCUT2D eigenvalue weighted by Gasteiger charge is -2.46. The highest BCUT2D eigenvalue weighted by Gasteiger charge is 2.49. The number of carboxylic acid groups (broad SMARTS) is 1. The van der Waals surface area contributed by atoms with Crippen molar-refractivity contribution in [3.8, 4) is 0 Å². The van der Waals surface area contributed by atoms with Crippen LogP contribution in [-0.2, 0) is 14.3 Å². The van der Waals surface area contributed by atoms with Crippen LogP contribution in [0.1, 0.15) is 40.5 Å². The molecule has 2 unspecified atom stereocenters. The fraction of sp³-hybridized carbons (Fsp3) is 0.846. The molecule has 1 saturated heterocycles. The van der Waals surface area contributed by atoms with Gasteiger partial charge in [0.15, 0.2) is 0 Å². The first-order chi connectivity index (χ1) is 8.35. The molecule has 0 saturated carbocycles. The van der Waals surface area contributed by atoms with E-state index >= 15 is 0 Å². The van der Waals surface area contributed by atoms with Crippen LogP contribution in [-0.4, -0.2) is 46.7 Å². The van der Waals surface area contributed by atoms with Gasteiger partial charge in [-0.1, -0.05) is 13.8 Å². The van der Waals surface area contributed by atoms with Gasteiger partial charge < -0.3 is 14.7 Å². The van der Waals surface area contributed by atoms with E-state index in [-0.39, 0.29) is 18.1 Å². The summed E-state index contributed by atoms with van der Waals surface area (Å²) in [5.74, 6) is -0.693. The zero-order valence-corrected chi connectivity index (χ0v) is 11.5. The molecule has 1 heterocycles. The van der Waals surface area contributed by atoms with Crippen LogP contribution < -0.4 is 0 Å². The predicted octanol–water partition coefficient (Wildman–Crippen LogP) is 1.51. The molecule has 1 rings (SSSR count). The maximum absolute atomic E-state index is 11.7. The number of rotatable bonds is 5. The van der Waals surface area contributed by atoms with Crippen molar-refractivity contribution in [2.24, 2.45) is 5.92 Å². The highest BCUT2D eigenvalue weighted by atomic mass is 16.5. The number of hydrogen-bond donors (Lipinski definition) is 1. The lowest BCUT2D eigenvalue weighted by atomic mass is 9.81. The Balaban J connectivity index is 3.06. The molecule has 0 spiro atoms. The molecule has 18 heavy (non-hydrogen) atoms. The molecular weight excluding hydrogens is 234 g/mol. The largest absolute Gasteiger partial charge is 0.479 e. The number of amides is 1. The minimum atomic E-state index is -1.12. The van der Waals surface area contributed by atoms with Crippen molar-refractivity contribution in [1.82, 2.24) is 4.90 Å². The van der Waals surface area contributed by atoms with Crippen LogP contribution in [0.5, 0.6) is 0 Å². The Morgan fingerprint density at radius 1 is 1.44 bits per heavy atom. The highest BCUT2D eigenvalue weighted by molar-refractivity contribution is 5.82. The number of hydrogen-bond acceptors (Lipinski definition) is 3. The Morgan fingerprint density at radius 3 is 2.44 bits per heavy atom. The van der Waals surface area contributed by atoms with E-state index in [1.807, 2.05) is 27.7 Å². The average molecular weight is 257 g/mol. The molecule has 0 aromatic heterocycles. The quantitative estimate of drug-likeness (QED) is 0.758. The topological polar surface area (TPSA) is 66.8 Å². The molecule has 0 aromatic rings. The number of aliphatic carboxylic acids is 1. The predicted molar refractivity (Wildman–Crippen MR) is 67.2 cm³/mol. The molecule has 0 aromatic carbocycles. The van der Waals surface area contributed by atoms with Gasteiger partial charge in [-0.15, -0.1) is 0 Å². The normalized spacial score (nSPS) is 28.4. The molecule has 1 aliphatic rings. The van der Waals surface area contributed by atoms with E-state index in [0.29, 0.717) is 25.9 Å². The summed E-state index contributed by atoms with van der Waals surface area (Å²) in [6.45, 7) is 8.05. The Hall–Kier alpha value is -1.10. The smallest absolute Gasteiger partial charge is 0.329 e. The summed E-state index contributed by atoms with van der Waals surface area (Å²) in [4.78, 5) is 24.4. The lowest BCUT2D eigenvalue weighted by Crippen LogP contribution is -2.61. The van der Waals surface area contributed by atoms with Crippen LogP contribution in [0.4, 0.5) is 0 Å². The maximum atomic E-state index is 11.7. The number of carboxylic acids is 1. The van der Waals surface area contributed by atoms with E-state index in [1.165, 1.54) is 4.90 Å². The van der Waals surface area contributed by atoms with Crippen LogP contribution >= 0.6 is 0 Å². The summed E-state index contributed by atoms with van der Waals surface area (Å²) in [7, 11) is 0. The standard InChI is InChI=1S/C13H23NO4/c1-9(2)11-7-13(12(16)17,5-6-18-11)14(8-15)10(3)4/h8-11H,5-7H2,1-4H3,(H,16,17). The van der Waals surface area contributed by atoms with Crippen LogP contribution in [0.15, 0.2) is 0 Å². The summed E-state index contributed by atoms with van der Waals surface area (Å²) in [6.07, 6.45) is 1.25. The van der Waals surface area contributed by atoms with Crippen molar-refractivity contribution in [2.75, 3.05) is 6.61 Å². The van der Waals surface area contributed by atoms with Crippen LogP contribution in [0.3, 0.4) is 0 Å². The van der Waals surface area contributed by atoms with Crippen molar-refractivity contribution in [1.29, 1.82) is 0 Å². The highest BCUT2D eigenvalue weighted by Crippen LogP contribution is 2.34. The van der Waals surface area contributed by atoms with Crippen molar-refractivity contribution in [2.45, 2.75) is 58.2 Å². The third-order valence-corrected chi connectivity index (χ3v) is 3.69. The molecule has 1 amide bonds. The van der Waals surface area contributed by atoms with E-state index in [2.05, 4.69) is 0 Å². The van der Waals surface area contributed by atoms with Gasteiger partial charge in [-0.05, 0) is 19.8 Å². The fourth-order valence-corrected chi connectivity index (χ4v) is 2.56. The van der Waals surface area contributed by atoms with Crippen LogP contribution in [0, 0.1) is 5.92 Å². The monoisotopic (exact) mass is 257 g/mol. The van der Waals surface area contributed by atoms with Crippen LogP contribution in [0.25, 0.3) is 0 Å². The molecule has 1 aliphatic heterocycles. The number of carbonyl (C=O) groups is 2. The molecule has 1 fully saturated rings. The maximum Gasteiger partial charge on any atom is 0.329 e. The second kappa shape index (κ2) is 5.69. The Bertz CT molecular complexity index is 316. The zero-order valence-electron chi connectivity index (χ0n) is 11.5. The van der Waals surface area contributed by atoms with Gasteiger partial charge in [-0.2, -0.15) is 0 Å². The van der Waals surface area contributed by atoms with Gasteiger partial charge in [0.05, 0.1) is 6.10 Å². The molecule has 0 aliphatic carbocycles. The number of ether oxygens (including phenoxy) is 1. The second-order valence-corrected chi connectivity index (χ2v) is 5.55. The Kier molecular flexibility index (Phi) is 4.73. The third-order valence-electron chi connectivity index (χ3n) is 3.69.